The van der Waals surface area contributed by atoms with Crippen LogP contribution in [-0.2, 0) is 11.2 Å². The van der Waals surface area contributed by atoms with Gasteiger partial charge in [-0.25, -0.2) is 0 Å². The molecule has 0 unspecified atom stereocenters. The van der Waals surface area contributed by atoms with Gasteiger partial charge in [-0.15, -0.1) is 0 Å². The maximum Gasteiger partial charge on any atom is 0.303 e. The lowest BCUT2D eigenvalue weighted by Gasteiger charge is -2.07. The van der Waals surface area contributed by atoms with E-state index < -0.39 is 10.9 Å². The summed E-state index contributed by atoms with van der Waals surface area (Å²) in [7, 11) is 0. The monoisotopic (exact) mass is 310 g/mol. The molecule has 0 amide bonds. The Morgan fingerprint density at radius 3 is 2.57 bits per heavy atom. The number of nitro benzene ring substituents is 1. The molecule has 6 heteroatoms. The molecule has 0 aliphatic heterocycles. The zero-order valence-corrected chi connectivity index (χ0v) is 12.2. The number of rotatable bonds is 5. The highest BCUT2D eigenvalue weighted by atomic mass is 16.6. The Hall–Kier alpha value is -3.15. The molecule has 0 bridgehead atoms. The molecular formula is C17H14N2O4. The van der Waals surface area contributed by atoms with E-state index in [2.05, 4.69) is 4.98 Å². The summed E-state index contributed by atoms with van der Waals surface area (Å²) in [5, 5.41) is 20.8. The van der Waals surface area contributed by atoms with Gasteiger partial charge in [0.2, 0.25) is 0 Å². The van der Waals surface area contributed by atoms with Crippen LogP contribution in [0.2, 0.25) is 0 Å². The van der Waals surface area contributed by atoms with Gasteiger partial charge in [-0.1, -0.05) is 30.3 Å². The van der Waals surface area contributed by atoms with Gasteiger partial charge in [0.25, 0.3) is 5.69 Å². The molecule has 0 spiro atoms. The van der Waals surface area contributed by atoms with Gasteiger partial charge in [-0.05, 0) is 29.2 Å². The number of carboxylic acid groups (broad SMARTS) is 1. The summed E-state index contributed by atoms with van der Waals surface area (Å²) in [5.74, 6) is -0.897. The molecule has 0 saturated carbocycles. The molecule has 0 radical (unpaired) electrons. The molecule has 2 aromatic carbocycles. The molecular weight excluding hydrogens is 296 g/mol. The van der Waals surface area contributed by atoms with Crippen molar-refractivity contribution in [3.63, 3.8) is 0 Å². The molecule has 1 aromatic heterocycles. The van der Waals surface area contributed by atoms with Crippen molar-refractivity contribution in [2.24, 2.45) is 0 Å². The summed E-state index contributed by atoms with van der Waals surface area (Å²) in [5.41, 5.74) is 2.97. The lowest BCUT2D eigenvalue weighted by Crippen LogP contribution is -1.97. The summed E-state index contributed by atoms with van der Waals surface area (Å²) >= 11 is 0. The molecule has 0 aliphatic carbocycles. The number of nitro groups is 1. The number of aryl methyl sites for hydroxylation is 1. The molecule has 3 rings (SSSR count). The van der Waals surface area contributed by atoms with Crippen molar-refractivity contribution >= 4 is 22.6 Å². The number of carboxylic acids is 1. The molecule has 0 atom stereocenters. The third-order valence-electron chi connectivity index (χ3n) is 3.78. The van der Waals surface area contributed by atoms with E-state index >= 15 is 0 Å². The average molecular weight is 310 g/mol. The zero-order chi connectivity index (χ0) is 16.4. The molecule has 3 aromatic rings. The Labute approximate surface area is 131 Å². The third-order valence-corrected chi connectivity index (χ3v) is 3.78. The largest absolute Gasteiger partial charge is 0.481 e. The van der Waals surface area contributed by atoms with Crippen LogP contribution in [-0.4, -0.2) is 21.0 Å². The van der Waals surface area contributed by atoms with Crippen molar-refractivity contribution in [2.75, 3.05) is 0 Å². The molecule has 2 N–H and O–H groups in total. The average Bonchev–Trinajstić information content (AvgIpc) is 2.96. The first-order valence-electron chi connectivity index (χ1n) is 7.12. The van der Waals surface area contributed by atoms with E-state index in [-0.39, 0.29) is 12.1 Å². The first-order chi connectivity index (χ1) is 11.1. The van der Waals surface area contributed by atoms with E-state index in [1.54, 1.807) is 12.3 Å². The van der Waals surface area contributed by atoms with E-state index in [1.807, 2.05) is 30.3 Å². The number of hydrogen-bond acceptors (Lipinski definition) is 3. The summed E-state index contributed by atoms with van der Waals surface area (Å²) in [4.78, 5) is 24.6. The zero-order valence-electron chi connectivity index (χ0n) is 12.2. The predicted octanol–water partition coefficient (Wildman–Crippen LogP) is 3.76. The second-order valence-corrected chi connectivity index (χ2v) is 5.21. The summed E-state index contributed by atoms with van der Waals surface area (Å²) in [6.07, 6.45) is 1.95. The van der Waals surface area contributed by atoms with E-state index in [4.69, 9.17) is 5.11 Å². The minimum absolute atomic E-state index is 0.0127. The summed E-state index contributed by atoms with van der Waals surface area (Å²) in [6, 6.07) is 12.7. The van der Waals surface area contributed by atoms with Crippen LogP contribution in [0.15, 0.2) is 48.7 Å². The fraction of sp³-hybridized carbons (Fsp3) is 0.118. The van der Waals surface area contributed by atoms with E-state index in [1.165, 1.54) is 6.07 Å². The molecule has 0 saturated heterocycles. The summed E-state index contributed by atoms with van der Waals surface area (Å²) in [6.45, 7) is 0. The van der Waals surface area contributed by atoms with E-state index in [0.717, 1.165) is 16.7 Å². The second kappa shape index (κ2) is 5.92. The molecule has 23 heavy (non-hydrogen) atoms. The molecule has 6 nitrogen and oxygen atoms in total. The van der Waals surface area contributed by atoms with Gasteiger partial charge in [0.05, 0.1) is 4.92 Å². The van der Waals surface area contributed by atoms with Crippen LogP contribution in [0.5, 0.6) is 0 Å². The topological polar surface area (TPSA) is 96.2 Å². The third kappa shape index (κ3) is 2.78. The number of aromatic nitrogens is 1. The van der Waals surface area contributed by atoms with Crippen LogP contribution in [0, 0.1) is 10.1 Å². The minimum Gasteiger partial charge on any atom is -0.481 e. The van der Waals surface area contributed by atoms with Gasteiger partial charge in [0.1, 0.15) is 5.52 Å². The highest BCUT2D eigenvalue weighted by Crippen LogP contribution is 2.36. The van der Waals surface area contributed by atoms with Crippen LogP contribution in [0.3, 0.4) is 0 Å². The van der Waals surface area contributed by atoms with Crippen molar-refractivity contribution in [3.8, 4) is 11.1 Å². The van der Waals surface area contributed by atoms with Crippen molar-refractivity contribution in [2.45, 2.75) is 12.8 Å². The SMILES string of the molecule is O=C(O)CCc1c[nH]c2c([N+](=O)[O-])ccc(-c3ccccc3)c12. The van der Waals surface area contributed by atoms with Gasteiger partial charge in [0, 0.05) is 24.1 Å². The maximum absolute atomic E-state index is 11.2. The van der Waals surface area contributed by atoms with E-state index in [0.29, 0.717) is 17.3 Å². The molecule has 0 aliphatic rings. The van der Waals surface area contributed by atoms with Gasteiger partial charge >= 0.3 is 5.97 Å². The number of carbonyl (C=O) groups is 1. The number of fused-ring (bicyclic) bond motifs is 1. The predicted molar refractivity (Wildman–Crippen MR) is 86.3 cm³/mol. The Bertz CT molecular complexity index is 884. The lowest BCUT2D eigenvalue weighted by atomic mass is 9.97. The van der Waals surface area contributed by atoms with Gasteiger partial charge in [-0.2, -0.15) is 0 Å². The lowest BCUT2D eigenvalue weighted by molar-refractivity contribution is -0.383. The second-order valence-electron chi connectivity index (χ2n) is 5.21. The van der Waals surface area contributed by atoms with Crippen molar-refractivity contribution in [3.05, 3.63) is 64.3 Å². The summed E-state index contributed by atoms with van der Waals surface area (Å²) < 4.78 is 0. The maximum atomic E-state index is 11.2. The van der Waals surface area contributed by atoms with Crippen LogP contribution in [0.1, 0.15) is 12.0 Å². The number of non-ortho nitro benzene ring substituents is 1. The Kier molecular flexibility index (Phi) is 3.80. The Balaban J connectivity index is 2.23. The van der Waals surface area contributed by atoms with Crippen LogP contribution in [0.4, 0.5) is 5.69 Å². The van der Waals surface area contributed by atoms with Gasteiger partial charge in [-0.3, -0.25) is 14.9 Å². The molecule has 0 fully saturated rings. The van der Waals surface area contributed by atoms with E-state index in [9.17, 15) is 14.9 Å². The molecule has 1 heterocycles. The first-order valence-corrected chi connectivity index (χ1v) is 7.12. The highest BCUT2D eigenvalue weighted by molar-refractivity contribution is 6.02. The van der Waals surface area contributed by atoms with Gasteiger partial charge < -0.3 is 10.1 Å². The van der Waals surface area contributed by atoms with Gasteiger partial charge in [0.15, 0.2) is 0 Å². The van der Waals surface area contributed by atoms with Crippen molar-refractivity contribution in [1.29, 1.82) is 0 Å². The number of hydrogen-bond donors (Lipinski definition) is 2. The fourth-order valence-corrected chi connectivity index (χ4v) is 2.75. The normalized spacial score (nSPS) is 10.8. The van der Waals surface area contributed by atoms with Crippen LogP contribution in [0.25, 0.3) is 22.0 Å². The van der Waals surface area contributed by atoms with Crippen LogP contribution >= 0.6 is 0 Å². The molecule has 116 valence electrons. The fourth-order valence-electron chi connectivity index (χ4n) is 2.75. The Morgan fingerprint density at radius 2 is 1.91 bits per heavy atom. The number of H-pyrrole nitrogens is 1. The Morgan fingerprint density at radius 1 is 1.17 bits per heavy atom. The standard InChI is InChI=1S/C17H14N2O4/c20-15(21)9-6-12-10-18-17-14(19(22)23)8-7-13(16(12)17)11-4-2-1-3-5-11/h1-5,7-8,10,18H,6,9H2,(H,20,21). The number of nitrogens with zero attached hydrogens (tertiary/aromatic N) is 1. The minimum atomic E-state index is -0.897. The number of benzene rings is 2. The number of nitrogens with one attached hydrogen (secondary N) is 1. The quantitative estimate of drug-likeness (QED) is 0.554. The first kappa shape index (κ1) is 14.8. The number of aromatic amines is 1. The smallest absolute Gasteiger partial charge is 0.303 e. The highest BCUT2D eigenvalue weighted by Gasteiger charge is 2.19. The number of aliphatic carboxylic acids is 1. The van der Waals surface area contributed by atoms with Crippen molar-refractivity contribution < 1.29 is 14.8 Å². The van der Waals surface area contributed by atoms with Crippen LogP contribution < -0.4 is 0 Å². The van der Waals surface area contributed by atoms with Crippen molar-refractivity contribution in [1.82, 2.24) is 4.98 Å².